The first-order valence-corrected chi connectivity index (χ1v) is 7.61. The van der Waals surface area contributed by atoms with Gasteiger partial charge < -0.3 is 10.4 Å². The first-order valence-electron chi connectivity index (χ1n) is 6.38. The van der Waals surface area contributed by atoms with Crippen molar-refractivity contribution in [2.75, 3.05) is 12.8 Å². The fourth-order valence-corrected chi connectivity index (χ4v) is 3.41. The molecule has 1 aliphatic rings. The van der Waals surface area contributed by atoms with E-state index in [0.717, 1.165) is 18.9 Å². The summed E-state index contributed by atoms with van der Waals surface area (Å²) in [6, 6.07) is 3.58. The van der Waals surface area contributed by atoms with E-state index in [9.17, 15) is 9.18 Å². The Kier molecular flexibility index (Phi) is 4.34. The van der Waals surface area contributed by atoms with Gasteiger partial charge in [0.1, 0.15) is 11.6 Å². The van der Waals surface area contributed by atoms with Crippen molar-refractivity contribution < 1.29 is 14.3 Å². The molecule has 0 radical (unpaired) electrons. The van der Waals surface area contributed by atoms with Crippen LogP contribution in [0, 0.1) is 5.82 Å². The van der Waals surface area contributed by atoms with Gasteiger partial charge in [0, 0.05) is 17.4 Å². The predicted octanol–water partition coefficient (Wildman–Crippen LogP) is 2.94. The fraction of sp³-hybridized carbons (Fsp3) is 0.500. The number of halogens is 1. The maximum Gasteiger partial charge on any atom is 0.254 e. The van der Waals surface area contributed by atoms with Gasteiger partial charge in [-0.3, -0.25) is 4.79 Å². The van der Waals surface area contributed by atoms with Gasteiger partial charge in [0.2, 0.25) is 0 Å². The molecule has 0 unspecified atom stereocenters. The van der Waals surface area contributed by atoms with E-state index in [-0.39, 0.29) is 16.1 Å². The molecule has 0 aromatic heterocycles. The molecule has 2 rings (SSSR count). The molecular formula is C14H18FNO2S. The molecular weight excluding hydrogens is 265 g/mol. The van der Waals surface area contributed by atoms with E-state index in [1.165, 1.54) is 25.0 Å². The lowest BCUT2D eigenvalue weighted by atomic mass is 10.1. The monoisotopic (exact) mass is 283 g/mol. The van der Waals surface area contributed by atoms with Crippen molar-refractivity contribution in [1.82, 2.24) is 5.32 Å². The molecule has 19 heavy (non-hydrogen) atoms. The Morgan fingerprint density at radius 1 is 1.47 bits per heavy atom. The number of thioether (sulfide) groups is 1. The predicted molar refractivity (Wildman–Crippen MR) is 75.1 cm³/mol. The number of aromatic hydroxyl groups is 1. The number of nitrogens with one attached hydrogen (secondary N) is 1. The number of carbonyl (C=O) groups is 1. The molecule has 1 aromatic carbocycles. The highest BCUT2D eigenvalue weighted by Gasteiger charge is 2.33. The molecule has 1 amide bonds. The summed E-state index contributed by atoms with van der Waals surface area (Å²) in [5.74, 6) is -1.29. The smallest absolute Gasteiger partial charge is 0.254 e. The van der Waals surface area contributed by atoms with Gasteiger partial charge in [0.15, 0.2) is 0 Å². The van der Waals surface area contributed by atoms with Gasteiger partial charge in [-0.25, -0.2) is 4.39 Å². The molecule has 2 N–H and O–H groups in total. The Morgan fingerprint density at radius 2 is 2.16 bits per heavy atom. The van der Waals surface area contributed by atoms with Crippen LogP contribution in [-0.4, -0.2) is 28.6 Å². The number of hydrogen-bond acceptors (Lipinski definition) is 3. The van der Waals surface area contributed by atoms with Crippen LogP contribution in [0.5, 0.6) is 5.75 Å². The molecule has 0 aliphatic heterocycles. The molecule has 3 nitrogen and oxygen atoms in total. The Bertz CT molecular complexity index is 473. The standard InChI is InChI=1S/C14H18FNO2S/c1-19-14(6-2-3-7-14)9-16-13(18)11-5-4-10(17)8-12(11)15/h4-5,8,17H,2-3,6-7,9H2,1H3,(H,16,18). The number of phenolic OH excluding ortho intramolecular Hbond substituents is 1. The minimum Gasteiger partial charge on any atom is -0.508 e. The Balaban J connectivity index is 2.01. The van der Waals surface area contributed by atoms with Crippen molar-refractivity contribution in [1.29, 1.82) is 0 Å². The first-order chi connectivity index (χ1) is 9.06. The summed E-state index contributed by atoms with van der Waals surface area (Å²) >= 11 is 1.78. The second-order valence-electron chi connectivity index (χ2n) is 4.94. The fourth-order valence-electron chi connectivity index (χ4n) is 2.50. The molecule has 1 aromatic rings. The van der Waals surface area contributed by atoms with E-state index in [4.69, 9.17) is 5.11 Å². The molecule has 1 aliphatic carbocycles. The zero-order chi connectivity index (χ0) is 13.9. The van der Waals surface area contributed by atoms with Crippen LogP contribution in [0.2, 0.25) is 0 Å². The summed E-state index contributed by atoms with van der Waals surface area (Å²) in [6.07, 6.45) is 6.60. The second kappa shape index (κ2) is 5.82. The number of amides is 1. The van der Waals surface area contributed by atoms with Crippen molar-refractivity contribution in [3.8, 4) is 5.75 Å². The summed E-state index contributed by atoms with van der Waals surface area (Å²) in [6.45, 7) is 0.563. The zero-order valence-electron chi connectivity index (χ0n) is 10.9. The van der Waals surface area contributed by atoms with E-state index >= 15 is 0 Å². The number of hydrogen-bond donors (Lipinski definition) is 2. The van der Waals surface area contributed by atoms with E-state index in [1.807, 2.05) is 0 Å². The number of phenols is 1. The van der Waals surface area contributed by atoms with Crippen LogP contribution in [0.25, 0.3) is 0 Å². The van der Waals surface area contributed by atoms with E-state index in [2.05, 4.69) is 11.6 Å². The Morgan fingerprint density at radius 3 is 2.74 bits per heavy atom. The lowest BCUT2D eigenvalue weighted by molar-refractivity contribution is 0.0945. The molecule has 0 spiro atoms. The van der Waals surface area contributed by atoms with Crippen LogP contribution in [-0.2, 0) is 0 Å². The first kappa shape index (κ1) is 14.2. The summed E-state index contributed by atoms with van der Waals surface area (Å²) in [5, 5.41) is 11.9. The zero-order valence-corrected chi connectivity index (χ0v) is 11.7. The molecule has 1 fully saturated rings. The van der Waals surface area contributed by atoms with Crippen LogP contribution in [0.15, 0.2) is 18.2 Å². The number of benzene rings is 1. The molecule has 5 heteroatoms. The molecule has 0 heterocycles. The van der Waals surface area contributed by atoms with Gasteiger partial charge >= 0.3 is 0 Å². The molecule has 1 saturated carbocycles. The van der Waals surface area contributed by atoms with Gasteiger partial charge in [-0.15, -0.1) is 0 Å². The van der Waals surface area contributed by atoms with Gasteiger partial charge in [0.25, 0.3) is 5.91 Å². The second-order valence-corrected chi connectivity index (χ2v) is 6.22. The maximum absolute atomic E-state index is 13.6. The highest BCUT2D eigenvalue weighted by molar-refractivity contribution is 8.00. The Labute approximate surface area is 116 Å². The average molecular weight is 283 g/mol. The summed E-state index contributed by atoms with van der Waals surface area (Å²) in [7, 11) is 0. The van der Waals surface area contributed by atoms with Crippen molar-refractivity contribution in [2.45, 2.75) is 30.4 Å². The van der Waals surface area contributed by atoms with Crippen LogP contribution < -0.4 is 5.32 Å². The van der Waals surface area contributed by atoms with Gasteiger partial charge in [0.05, 0.1) is 5.56 Å². The van der Waals surface area contributed by atoms with Crippen molar-refractivity contribution in [3.63, 3.8) is 0 Å². The topological polar surface area (TPSA) is 49.3 Å². The van der Waals surface area contributed by atoms with E-state index in [0.29, 0.717) is 6.54 Å². The highest BCUT2D eigenvalue weighted by atomic mass is 32.2. The maximum atomic E-state index is 13.6. The SMILES string of the molecule is CSC1(CNC(=O)c2ccc(O)cc2F)CCCC1. The number of carbonyl (C=O) groups excluding carboxylic acids is 1. The molecule has 0 atom stereocenters. The summed E-state index contributed by atoms with van der Waals surface area (Å²) in [4.78, 5) is 11.9. The molecule has 0 bridgehead atoms. The average Bonchev–Trinajstić information content (AvgIpc) is 2.85. The highest BCUT2D eigenvalue weighted by Crippen LogP contribution is 2.39. The third-order valence-corrected chi connectivity index (χ3v) is 5.13. The van der Waals surface area contributed by atoms with Crippen molar-refractivity contribution in [2.24, 2.45) is 0 Å². The van der Waals surface area contributed by atoms with Crippen LogP contribution in [0.4, 0.5) is 4.39 Å². The summed E-state index contributed by atoms with van der Waals surface area (Å²) < 4.78 is 13.7. The quantitative estimate of drug-likeness (QED) is 0.893. The van der Waals surface area contributed by atoms with Crippen molar-refractivity contribution >= 4 is 17.7 Å². The van der Waals surface area contributed by atoms with Gasteiger partial charge in [-0.05, 0) is 31.2 Å². The third kappa shape index (κ3) is 3.21. The van der Waals surface area contributed by atoms with Gasteiger partial charge in [-0.1, -0.05) is 12.8 Å². The summed E-state index contributed by atoms with van der Waals surface area (Å²) in [5.41, 5.74) is -0.0213. The van der Waals surface area contributed by atoms with Crippen LogP contribution in [0.3, 0.4) is 0 Å². The largest absolute Gasteiger partial charge is 0.508 e. The minimum atomic E-state index is -0.692. The Hall–Kier alpha value is -1.23. The van der Waals surface area contributed by atoms with Crippen molar-refractivity contribution in [3.05, 3.63) is 29.6 Å². The van der Waals surface area contributed by atoms with Gasteiger partial charge in [-0.2, -0.15) is 11.8 Å². The lowest BCUT2D eigenvalue weighted by Gasteiger charge is -2.26. The molecule has 104 valence electrons. The van der Waals surface area contributed by atoms with E-state index < -0.39 is 11.7 Å². The lowest BCUT2D eigenvalue weighted by Crippen LogP contribution is -2.38. The minimum absolute atomic E-state index is 0.0213. The number of rotatable bonds is 4. The molecule has 0 saturated heterocycles. The van der Waals surface area contributed by atoms with Crippen LogP contribution in [0.1, 0.15) is 36.0 Å². The third-order valence-electron chi connectivity index (χ3n) is 3.72. The normalized spacial score (nSPS) is 17.4. The van der Waals surface area contributed by atoms with Crippen LogP contribution >= 0.6 is 11.8 Å². The van der Waals surface area contributed by atoms with E-state index in [1.54, 1.807) is 11.8 Å².